The van der Waals surface area contributed by atoms with E-state index in [1.165, 1.54) is 0 Å². The summed E-state index contributed by atoms with van der Waals surface area (Å²) in [5.41, 5.74) is 0.662. The van der Waals surface area contributed by atoms with E-state index in [4.69, 9.17) is 16.9 Å². The minimum Gasteiger partial charge on any atom is -0.192 e. The first kappa shape index (κ1) is 8.10. The second-order valence-corrected chi connectivity index (χ2v) is 3.19. The first-order chi connectivity index (χ1) is 6.31. The highest BCUT2D eigenvalue weighted by Crippen LogP contribution is 2.23. The van der Waals surface area contributed by atoms with Crippen molar-refractivity contribution in [2.45, 2.75) is 0 Å². The quantitative estimate of drug-likeness (QED) is 0.621. The van der Waals surface area contributed by atoms with Crippen molar-refractivity contribution in [2.75, 3.05) is 0 Å². The number of halogens is 1. The molecule has 2 aromatic carbocycles. The van der Waals surface area contributed by atoms with Crippen molar-refractivity contribution in [2.24, 2.45) is 0 Å². The summed E-state index contributed by atoms with van der Waals surface area (Å²) in [5.74, 6) is 0. The van der Waals surface area contributed by atoms with Gasteiger partial charge in [-0.1, -0.05) is 29.8 Å². The third-order valence-electron chi connectivity index (χ3n) is 1.96. The van der Waals surface area contributed by atoms with E-state index in [1.54, 1.807) is 6.07 Å². The van der Waals surface area contributed by atoms with Crippen LogP contribution in [0.2, 0.25) is 5.02 Å². The van der Waals surface area contributed by atoms with Crippen LogP contribution in [0.25, 0.3) is 10.8 Å². The molecule has 62 valence electrons. The third kappa shape index (κ3) is 1.37. The molecule has 0 saturated carbocycles. The van der Waals surface area contributed by atoms with Crippen LogP contribution in [0.3, 0.4) is 0 Å². The van der Waals surface area contributed by atoms with Crippen molar-refractivity contribution < 1.29 is 0 Å². The number of nitrogens with zero attached hydrogens (tertiary/aromatic N) is 1. The summed E-state index contributed by atoms with van der Waals surface area (Å²) in [5, 5.41) is 11.4. The summed E-state index contributed by atoms with van der Waals surface area (Å²) in [6, 6.07) is 13.2. The number of fused-ring (bicyclic) bond motifs is 1. The molecule has 0 heterocycles. The summed E-state index contributed by atoms with van der Waals surface area (Å²) in [6.07, 6.45) is 0. The van der Waals surface area contributed by atoms with Crippen LogP contribution in [0.4, 0.5) is 0 Å². The van der Waals surface area contributed by atoms with Crippen LogP contribution in [-0.2, 0) is 0 Å². The van der Waals surface area contributed by atoms with Crippen LogP contribution in [0, 0.1) is 11.3 Å². The van der Waals surface area contributed by atoms with Gasteiger partial charge in [-0.2, -0.15) is 5.26 Å². The van der Waals surface area contributed by atoms with Gasteiger partial charge in [0.1, 0.15) is 0 Å². The maximum atomic E-state index is 8.68. The Morgan fingerprint density at radius 1 is 1.15 bits per heavy atom. The van der Waals surface area contributed by atoms with Crippen molar-refractivity contribution in [1.82, 2.24) is 0 Å². The molecule has 0 aliphatic rings. The summed E-state index contributed by atoms with van der Waals surface area (Å²) in [4.78, 5) is 0. The zero-order valence-corrected chi connectivity index (χ0v) is 7.55. The monoisotopic (exact) mass is 187 g/mol. The lowest BCUT2D eigenvalue weighted by Crippen LogP contribution is -1.76. The van der Waals surface area contributed by atoms with Crippen molar-refractivity contribution in [1.29, 1.82) is 5.26 Å². The molecular weight excluding hydrogens is 182 g/mol. The molecule has 0 N–H and O–H groups in total. The van der Waals surface area contributed by atoms with Crippen LogP contribution in [0.5, 0.6) is 0 Å². The van der Waals surface area contributed by atoms with Gasteiger partial charge < -0.3 is 0 Å². The van der Waals surface area contributed by atoms with Crippen molar-refractivity contribution >= 4 is 22.4 Å². The average Bonchev–Trinajstić information content (AvgIpc) is 2.18. The van der Waals surface area contributed by atoms with Gasteiger partial charge in [-0.25, -0.2) is 0 Å². The average molecular weight is 188 g/mol. The Balaban J connectivity index is 2.82. The Kier molecular flexibility index (Phi) is 1.92. The fourth-order valence-electron chi connectivity index (χ4n) is 1.31. The normalized spacial score (nSPS) is 9.85. The molecule has 0 aromatic heterocycles. The van der Waals surface area contributed by atoms with E-state index in [1.807, 2.05) is 30.3 Å². The topological polar surface area (TPSA) is 23.8 Å². The third-order valence-corrected chi connectivity index (χ3v) is 2.29. The first-order valence-corrected chi connectivity index (χ1v) is 4.27. The van der Waals surface area contributed by atoms with Gasteiger partial charge in [0.2, 0.25) is 0 Å². The van der Waals surface area contributed by atoms with Gasteiger partial charge in [-0.3, -0.25) is 0 Å². The Bertz CT molecular complexity index is 497. The molecule has 1 nitrogen and oxygen atoms in total. The fourth-order valence-corrected chi connectivity index (χ4v) is 1.56. The molecule has 0 saturated heterocycles. The van der Waals surface area contributed by atoms with Crippen LogP contribution < -0.4 is 0 Å². The first-order valence-electron chi connectivity index (χ1n) is 3.89. The highest BCUT2D eigenvalue weighted by atomic mass is 35.5. The van der Waals surface area contributed by atoms with Gasteiger partial charge in [0, 0.05) is 10.4 Å². The van der Waals surface area contributed by atoms with E-state index in [0.717, 1.165) is 15.8 Å². The SMILES string of the molecule is N#Cc1ccc2c(Cl)cccc2c1. The van der Waals surface area contributed by atoms with Gasteiger partial charge in [-0.05, 0) is 23.6 Å². The molecule has 2 aromatic rings. The summed E-state index contributed by atoms with van der Waals surface area (Å²) >= 11 is 5.97. The maximum Gasteiger partial charge on any atom is 0.0991 e. The van der Waals surface area contributed by atoms with E-state index in [0.29, 0.717) is 5.56 Å². The van der Waals surface area contributed by atoms with Gasteiger partial charge in [0.15, 0.2) is 0 Å². The van der Waals surface area contributed by atoms with Crippen LogP contribution in [0.15, 0.2) is 36.4 Å². The van der Waals surface area contributed by atoms with Crippen molar-refractivity contribution in [3.05, 3.63) is 47.0 Å². The zero-order valence-electron chi connectivity index (χ0n) is 6.79. The standard InChI is InChI=1S/C11H6ClN/c12-11-3-1-2-9-6-8(7-13)4-5-10(9)11/h1-6H. The second kappa shape index (κ2) is 3.08. The van der Waals surface area contributed by atoms with Gasteiger partial charge in [0.25, 0.3) is 0 Å². The lowest BCUT2D eigenvalue weighted by Gasteiger charge is -1.99. The Morgan fingerprint density at radius 2 is 2.00 bits per heavy atom. The van der Waals surface area contributed by atoms with Crippen molar-refractivity contribution in [3.8, 4) is 6.07 Å². The van der Waals surface area contributed by atoms with E-state index in [2.05, 4.69) is 6.07 Å². The van der Waals surface area contributed by atoms with E-state index in [9.17, 15) is 0 Å². The van der Waals surface area contributed by atoms with Crippen molar-refractivity contribution in [3.63, 3.8) is 0 Å². The number of hydrogen-bond donors (Lipinski definition) is 0. The van der Waals surface area contributed by atoms with Gasteiger partial charge in [0.05, 0.1) is 11.6 Å². The highest BCUT2D eigenvalue weighted by Gasteiger charge is 1.98. The molecule has 2 heteroatoms. The molecule has 0 amide bonds. The largest absolute Gasteiger partial charge is 0.192 e. The van der Waals surface area contributed by atoms with Crippen LogP contribution >= 0.6 is 11.6 Å². The van der Waals surface area contributed by atoms with Crippen LogP contribution in [-0.4, -0.2) is 0 Å². The van der Waals surface area contributed by atoms with Gasteiger partial charge in [-0.15, -0.1) is 0 Å². The highest BCUT2D eigenvalue weighted by molar-refractivity contribution is 6.35. The minimum absolute atomic E-state index is 0.662. The molecule has 0 bridgehead atoms. The summed E-state index contributed by atoms with van der Waals surface area (Å²) in [6.45, 7) is 0. The molecule has 0 atom stereocenters. The molecule has 0 radical (unpaired) electrons. The second-order valence-electron chi connectivity index (χ2n) is 2.79. The number of hydrogen-bond acceptors (Lipinski definition) is 1. The lowest BCUT2D eigenvalue weighted by molar-refractivity contribution is 1.50. The Hall–Kier alpha value is -1.52. The zero-order chi connectivity index (χ0) is 9.26. The molecule has 0 unspecified atom stereocenters. The molecule has 2 rings (SSSR count). The molecular formula is C11H6ClN. The number of nitriles is 1. The van der Waals surface area contributed by atoms with E-state index < -0.39 is 0 Å². The molecule has 0 spiro atoms. The minimum atomic E-state index is 0.662. The van der Waals surface area contributed by atoms with Gasteiger partial charge >= 0.3 is 0 Å². The van der Waals surface area contributed by atoms with E-state index >= 15 is 0 Å². The number of benzene rings is 2. The Labute approximate surface area is 81.2 Å². The smallest absolute Gasteiger partial charge is 0.0991 e. The predicted molar refractivity (Wildman–Crippen MR) is 53.7 cm³/mol. The molecule has 0 fully saturated rings. The summed E-state index contributed by atoms with van der Waals surface area (Å²) in [7, 11) is 0. The Morgan fingerprint density at radius 3 is 2.77 bits per heavy atom. The molecule has 13 heavy (non-hydrogen) atoms. The van der Waals surface area contributed by atoms with E-state index in [-0.39, 0.29) is 0 Å². The molecule has 0 aliphatic heterocycles. The number of rotatable bonds is 0. The maximum absolute atomic E-state index is 8.68. The predicted octanol–water partition coefficient (Wildman–Crippen LogP) is 3.36. The van der Waals surface area contributed by atoms with Crippen LogP contribution in [0.1, 0.15) is 5.56 Å². The lowest BCUT2D eigenvalue weighted by atomic mass is 10.1. The fraction of sp³-hybridized carbons (Fsp3) is 0. The summed E-state index contributed by atoms with van der Waals surface area (Å²) < 4.78 is 0. The molecule has 0 aliphatic carbocycles.